The minimum atomic E-state index is 0.0360. The zero-order valence-corrected chi connectivity index (χ0v) is 18.7. The maximum atomic E-state index is 10.9. The molecule has 4 aromatic rings. The summed E-state index contributed by atoms with van der Waals surface area (Å²) in [6.07, 6.45) is 0. The predicted molar refractivity (Wildman–Crippen MR) is 131 cm³/mol. The van der Waals surface area contributed by atoms with Gasteiger partial charge in [-0.15, -0.1) is 10.2 Å². The van der Waals surface area contributed by atoms with Crippen LogP contribution < -0.4 is 5.32 Å². The Hall–Kier alpha value is -3.22. The van der Waals surface area contributed by atoms with Gasteiger partial charge in [0.05, 0.1) is 12.1 Å². The molecule has 0 aliphatic heterocycles. The lowest BCUT2D eigenvalue weighted by atomic mass is 10.1. The van der Waals surface area contributed by atoms with Crippen LogP contribution in [-0.4, -0.2) is 14.8 Å². The van der Waals surface area contributed by atoms with Gasteiger partial charge in [-0.1, -0.05) is 48.0 Å². The van der Waals surface area contributed by atoms with Crippen molar-refractivity contribution in [2.24, 2.45) is 10.2 Å². The molecule has 31 heavy (non-hydrogen) atoms. The Balaban J connectivity index is 1.62. The number of aromatic hydroxyl groups is 1. The summed E-state index contributed by atoms with van der Waals surface area (Å²) in [6.45, 7) is 4.57. The minimum absolute atomic E-state index is 0.0360. The normalized spacial score (nSPS) is 11.3. The number of para-hydroxylation sites is 1. The maximum absolute atomic E-state index is 10.9. The molecule has 1 aromatic heterocycles. The largest absolute Gasteiger partial charge is 0.493 e. The van der Waals surface area contributed by atoms with Crippen molar-refractivity contribution < 1.29 is 5.11 Å². The van der Waals surface area contributed by atoms with Gasteiger partial charge in [-0.3, -0.25) is 0 Å². The molecular weight excluding hydrogens is 428 g/mol. The van der Waals surface area contributed by atoms with Crippen LogP contribution in [0.5, 0.6) is 5.88 Å². The molecule has 0 amide bonds. The van der Waals surface area contributed by atoms with E-state index in [4.69, 9.17) is 23.8 Å². The summed E-state index contributed by atoms with van der Waals surface area (Å²) in [5, 5.41) is 24.1. The van der Waals surface area contributed by atoms with Crippen LogP contribution in [-0.2, 0) is 6.54 Å². The fourth-order valence-corrected chi connectivity index (χ4v) is 3.65. The van der Waals surface area contributed by atoms with Crippen LogP contribution in [0.1, 0.15) is 16.7 Å². The second-order valence-corrected chi connectivity index (χ2v) is 8.15. The summed E-state index contributed by atoms with van der Waals surface area (Å²) in [4.78, 5) is 0. The number of benzene rings is 3. The lowest BCUT2D eigenvalue weighted by Gasteiger charge is -2.07. The zero-order valence-electron chi connectivity index (χ0n) is 17.1. The number of aromatic nitrogens is 1. The lowest BCUT2D eigenvalue weighted by Crippen LogP contribution is -2.05. The summed E-state index contributed by atoms with van der Waals surface area (Å²) in [5.74, 6) is 0.0360. The van der Waals surface area contributed by atoms with Crippen LogP contribution in [0.4, 0.5) is 11.4 Å². The van der Waals surface area contributed by atoms with Crippen molar-refractivity contribution in [3.8, 4) is 5.88 Å². The number of anilines is 1. The molecule has 3 aromatic carbocycles. The van der Waals surface area contributed by atoms with Crippen LogP contribution in [0.2, 0.25) is 5.02 Å². The van der Waals surface area contributed by atoms with Crippen LogP contribution in [0.3, 0.4) is 0 Å². The number of nitrogens with one attached hydrogen (secondary N) is 1. The highest BCUT2D eigenvalue weighted by Gasteiger charge is 2.16. The SMILES string of the molecule is Cc1ccc(NC(=S)N=Nc2c(O)n(Cc3ccc(Cl)cc3)c3ccccc23)cc1C. The number of thiocarbonyl (C=S) groups is 1. The molecule has 0 saturated heterocycles. The van der Waals surface area contributed by atoms with Crippen LogP contribution in [0.25, 0.3) is 10.9 Å². The third kappa shape index (κ3) is 4.60. The van der Waals surface area contributed by atoms with E-state index in [1.807, 2.05) is 73.7 Å². The molecule has 0 radical (unpaired) electrons. The van der Waals surface area contributed by atoms with E-state index in [0.29, 0.717) is 17.3 Å². The van der Waals surface area contributed by atoms with Crippen LogP contribution >= 0.6 is 23.8 Å². The fraction of sp³-hybridized carbons (Fsp3) is 0.125. The number of fused-ring (bicyclic) bond motifs is 1. The molecule has 4 rings (SSSR count). The van der Waals surface area contributed by atoms with Gasteiger partial charge < -0.3 is 15.0 Å². The van der Waals surface area contributed by atoms with Crippen molar-refractivity contribution in [3.05, 3.63) is 88.4 Å². The fourth-order valence-electron chi connectivity index (χ4n) is 3.37. The Morgan fingerprint density at radius 1 is 1.03 bits per heavy atom. The van der Waals surface area contributed by atoms with E-state index in [2.05, 4.69) is 22.5 Å². The topological polar surface area (TPSA) is 61.9 Å². The Kier molecular flexibility index (Phi) is 6.02. The highest BCUT2D eigenvalue weighted by molar-refractivity contribution is 7.80. The van der Waals surface area contributed by atoms with Gasteiger partial charge in [0, 0.05) is 16.1 Å². The highest BCUT2D eigenvalue weighted by Crippen LogP contribution is 2.39. The molecular formula is C24H21ClN4OS. The maximum Gasteiger partial charge on any atom is 0.221 e. The van der Waals surface area contributed by atoms with Gasteiger partial charge >= 0.3 is 0 Å². The Morgan fingerprint density at radius 2 is 1.77 bits per heavy atom. The molecule has 2 N–H and O–H groups in total. The highest BCUT2D eigenvalue weighted by atomic mass is 35.5. The van der Waals surface area contributed by atoms with Gasteiger partial charge in [-0.2, -0.15) is 0 Å². The van der Waals surface area contributed by atoms with E-state index in [1.165, 1.54) is 5.56 Å². The number of hydrogen-bond donors (Lipinski definition) is 2. The first kappa shape index (κ1) is 21.0. The molecule has 0 atom stereocenters. The summed E-state index contributed by atoms with van der Waals surface area (Å²) in [7, 11) is 0. The van der Waals surface area contributed by atoms with Crippen LogP contribution in [0, 0.1) is 13.8 Å². The Morgan fingerprint density at radius 3 is 2.52 bits per heavy atom. The van der Waals surface area contributed by atoms with Crippen molar-refractivity contribution in [1.82, 2.24) is 4.57 Å². The number of rotatable bonds is 4. The Bertz CT molecular complexity index is 1300. The first-order valence-corrected chi connectivity index (χ1v) is 10.6. The van der Waals surface area contributed by atoms with Crippen molar-refractivity contribution in [1.29, 1.82) is 0 Å². The van der Waals surface area contributed by atoms with E-state index in [1.54, 1.807) is 4.57 Å². The number of azo groups is 1. The summed E-state index contributed by atoms with van der Waals surface area (Å²) < 4.78 is 1.80. The molecule has 156 valence electrons. The summed E-state index contributed by atoms with van der Waals surface area (Å²) in [5.41, 5.74) is 5.47. The summed E-state index contributed by atoms with van der Waals surface area (Å²) in [6, 6.07) is 21.2. The molecule has 0 bridgehead atoms. The third-order valence-corrected chi connectivity index (χ3v) is 5.61. The molecule has 0 saturated carbocycles. The van der Waals surface area contributed by atoms with Gasteiger partial charge in [0.25, 0.3) is 0 Å². The van der Waals surface area contributed by atoms with E-state index in [-0.39, 0.29) is 11.0 Å². The van der Waals surface area contributed by atoms with E-state index in [9.17, 15) is 5.11 Å². The molecule has 0 unspecified atom stereocenters. The van der Waals surface area contributed by atoms with Crippen LogP contribution in [0.15, 0.2) is 77.0 Å². The molecule has 5 nitrogen and oxygen atoms in total. The van der Waals surface area contributed by atoms with E-state index in [0.717, 1.165) is 27.7 Å². The van der Waals surface area contributed by atoms with E-state index < -0.39 is 0 Å². The van der Waals surface area contributed by atoms with Crippen molar-refractivity contribution in [2.45, 2.75) is 20.4 Å². The third-order valence-electron chi connectivity index (χ3n) is 5.17. The standard InChI is InChI=1S/C24H21ClN4OS/c1-15-7-12-19(13-16(15)2)26-24(31)28-27-22-20-5-3-4-6-21(20)29(23(22)30)14-17-8-10-18(25)11-9-17/h3-13,30H,14H2,1-2H3,(H,26,31). The average Bonchev–Trinajstić information content (AvgIpc) is 3.02. The predicted octanol–water partition coefficient (Wildman–Crippen LogP) is 7.15. The number of nitrogens with zero attached hydrogens (tertiary/aromatic N) is 3. The van der Waals surface area contributed by atoms with Crippen molar-refractivity contribution in [2.75, 3.05) is 5.32 Å². The first-order chi connectivity index (χ1) is 14.9. The van der Waals surface area contributed by atoms with Crippen molar-refractivity contribution in [3.63, 3.8) is 0 Å². The quantitative estimate of drug-likeness (QED) is 0.257. The average molecular weight is 449 g/mol. The second-order valence-electron chi connectivity index (χ2n) is 7.33. The number of hydrogen-bond acceptors (Lipinski definition) is 3. The number of halogens is 1. The second kappa shape index (κ2) is 8.88. The van der Waals surface area contributed by atoms with E-state index >= 15 is 0 Å². The van der Waals surface area contributed by atoms with Gasteiger partial charge in [-0.25, -0.2) is 0 Å². The molecule has 0 aliphatic rings. The number of aryl methyl sites for hydroxylation is 2. The Labute approximate surface area is 191 Å². The summed E-state index contributed by atoms with van der Waals surface area (Å²) >= 11 is 11.3. The molecule has 1 heterocycles. The minimum Gasteiger partial charge on any atom is -0.493 e. The smallest absolute Gasteiger partial charge is 0.221 e. The molecule has 0 aliphatic carbocycles. The zero-order chi connectivity index (χ0) is 22.0. The lowest BCUT2D eigenvalue weighted by molar-refractivity contribution is 0.429. The molecule has 0 spiro atoms. The molecule has 0 fully saturated rings. The van der Waals surface area contributed by atoms with Gasteiger partial charge in [0.1, 0.15) is 0 Å². The van der Waals surface area contributed by atoms with Gasteiger partial charge in [-0.05, 0) is 73.1 Å². The van der Waals surface area contributed by atoms with Gasteiger partial charge in [0.2, 0.25) is 11.0 Å². The van der Waals surface area contributed by atoms with Crippen molar-refractivity contribution >= 4 is 51.2 Å². The van der Waals surface area contributed by atoms with Gasteiger partial charge in [0.15, 0.2) is 5.69 Å². The first-order valence-electron chi connectivity index (χ1n) is 9.77. The molecule has 7 heteroatoms. The monoisotopic (exact) mass is 448 g/mol.